The Morgan fingerprint density at radius 1 is 1.27 bits per heavy atom. The average Bonchev–Trinajstić information content (AvgIpc) is 3.48. The number of aryl methyl sites for hydroxylation is 1. The van der Waals surface area contributed by atoms with Gasteiger partial charge in [-0.2, -0.15) is 0 Å². The number of methoxy groups -OCH3 is 1. The molecular formula is C20H19N5O2S3. The van der Waals surface area contributed by atoms with E-state index < -0.39 is 0 Å². The van der Waals surface area contributed by atoms with Gasteiger partial charge in [0.2, 0.25) is 5.13 Å². The highest BCUT2D eigenvalue weighted by atomic mass is 32.2. The number of benzene rings is 1. The molecule has 0 radical (unpaired) electrons. The minimum atomic E-state index is 0.0633. The summed E-state index contributed by atoms with van der Waals surface area (Å²) in [4.78, 5) is 17.2. The van der Waals surface area contributed by atoms with Crippen molar-refractivity contribution in [1.29, 1.82) is 0 Å². The molecule has 0 bridgehead atoms. The predicted octanol–water partition coefficient (Wildman–Crippen LogP) is 5.13. The zero-order valence-corrected chi connectivity index (χ0v) is 19.0. The largest absolute Gasteiger partial charge is 0.497 e. The quantitative estimate of drug-likeness (QED) is 0.290. The molecular weight excluding hydrogens is 438 g/mol. The maximum Gasteiger partial charge on any atom is 0.210 e. The van der Waals surface area contributed by atoms with Crippen LogP contribution in [-0.4, -0.2) is 38.4 Å². The van der Waals surface area contributed by atoms with Crippen molar-refractivity contribution in [3.63, 3.8) is 0 Å². The number of Topliss-reactive ketones (excluding diaryl/α,β-unsaturated/α-hetero) is 1. The fourth-order valence-corrected chi connectivity index (χ4v) is 5.42. The number of ketones is 1. The zero-order chi connectivity index (χ0) is 21.1. The SMILES string of the molecule is COc1cccc(Nc2nnc(SCC(=O)c3cc(C)n(-c4nccs4)c3C)s2)c1. The van der Waals surface area contributed by atoms with Crippen LogP contribution in [0.1, 0.15) is 21.7 Å². The van der Waals surface area contributed by atoms with Gasteiger partial charge in [-0.15, -0.1) is 21.5 Å². The number of ether oxygens (including phenoxy) is 1. The zero-order valence-electron chi connectivity index (χ0n) is 16.6. The average molecular weight is 458 g/mol. The molecule has 3 heterocycles. The van der Waals surface area contributed by atoms with Gasteiger partial charge in [0.05, 0.1) is 12.9 Å². The Labute approximate surface area is 186 Å². The third kappa shape index (κ3) is 4.40. The summed E-state index contributed by atoms with van der Waals surface area (Å²) in [6.45, 7) is 3.94. The molecule has 30 heavy (non-hydrogen) atoms. The Hall–Kier alpha value is -2.69. The molecule has 0 saturated heterocycles. The third-order valence-electron chi connectivity index (χ3n) is 4.40. The van der Waals surface area contributed by atoms with E-state index in [1.807, 2.05) is 54.1 Å². The highest BCUT2D eigenvalue weighted by Gasteiger charge is 2.18. The Kier molecular flexibility index (Phi) is 6.16. The minimum Gasteiger partial charge on any atom is -0.497 e. The van der Waals surface area contributed by atoms with Crippen LogP contribution in [-0.2, 0) is 0 Å². The standard InChI is InChI=1S/C20H19N5O2S3/c1-12-9-16(13(2)25(12)19-21-7-8-28-19)17(26)11-29-20-24-23-18(30-20)22-14-5-4-6-15(10-14)27-3/h4-10H,11H2,1-3H3,(H,22,23). The van der Waals surface area contributed by atoms with Gasteiger partial charge in [-0.1, -0.05) is 29.2 Å². The minimum absolute atomic E-state index is 0.0633. The molecule has 1 N–H and O–H groups in total. The van der Waals surface area contributed by atoms with E-state index in [0.29, 0.717) is 10.9 Å². The number of carbonyl (C=O) groups is 1. The van der Waals surface area contributed by atoms with Gasteiger partial charge in [-0.3, -0.25) is 9.36 Å². The molecule has 4 aromatic rings. The van der Waals surface area contributed by atoms with E-state index in [9.17, 15) is 4.79 Å². The molecule has 10 heteroatoms. The molecule has 0 fully saturated rings. The van der Waals surface area contributed by atoms with E-state index in [-0.39, 0.29) is 5.78 Å². The lowest BCUT2D eigenvalue weighted by atomic mass is 10.2. The lowest BCUT2D eigenvalue weighted by Gasteiger charge is -2.05. The van der Waals surface area contributed by atoms with Gasteiger partial charge in [0.25, 0.3) is 0 Å². The fraction of sp³-hybridized carbons (Fsp3) is 0.200. The van der Waals surface area contributed by atoms with Gasteiger partial charge < -0.3 is 10.1 Å². The summed E-state index contributed by atoms with van der Waals surface area (Å²) < 4.78 is 7.98. The van der Waals surface area contributed by atoms with E-state index in [1.165, 1.54) is 23.1 Å². The van der Waals surface area contributed by atoms with Gasteiger partial charge in [0.15, 0.2) is 15.3 Å². The fourth-order valence-electron chi connectivity index (χ4n) is 3.01. The molecule has 3 aromatic heterocycles. The van der Waals surface area contributed by atoms with Crippen LogP contribution in [0.3, 0.4) is 0 Å². The number of anilines is 2. The third-order valence-corrected chi connectivity index (χ3v) is 7.12. The normalized spacial score (nSPS) is 10.9. The molecule has 0 saturated carbocycles. The van der Waals surface area contributed by atoms with Gasteiger partial charge in [-0.25, -0.2) is 4.98 Å². The van der Waals surface area contributed by atoms with Crippen LogP contribution in [0.25, 0.3) is 5.13 Å². The summed E-state index contributed by atoms with van der Waals surface area (Å²) in [5, 5.41) is 15.0. The van der Waals surface area contributed by atoms with Crippen molar-refractivity contribution in [1.82, 2.24) is 19.7 Å². The molecule has 0 spiro atoms. The second kappa shape index (κ2) is 8.99. The lowest BCUT2D eigenvalue weighted by molar-refractivity contribution is 0.102. The summed E-state index contributed by atoms with van der Waals surface area (Å²) >= 11 is 4.35. The van der Waals surface area contributed by atoms with Crippen LogP contribution in [0.15, 0.2) is 46.2 Å². The number of aromatic nitrogens is 4. The highest BCUT2D eigenvalue weighted by Crippen LogP contribution is 2.30. The predicted molar refractivity (Wildman–Crippen MR) is 122 cm³/mol. The second-order valence-electron chi connectivity index (χ2n) is 6.38. The first-order chi connectivity index (χ1) is 14.5. The number of thiazole rings is 1. The van der Waals surface area contributed by atoms with E-state index in [2.05, 4.69) is 20.5 Å². The molecule has 1 aromatic carbocycles. The van der Waals surface area contributed by atoms with Gasteiger partial charge in [0.1, 0.15) is 5.75 Å². The Morgan fingerprint density at radius 2 is 2.13 bits per heavy atom. The van der Waals surface area contributed by atoms with Crippen molar-refractivity contribution in [2.24, 2.45) is 0 Å². The maximum absolute atomic E-state index is 12.8. The number of hydrogen-bond acceptors (Lipinski definition) is 9. The molecule has 0 aliphatic carbocycles. The first-order valence-corrected chi connectivity index (χ1v) is 11.7. The Balaban J connectivity index is 1.41. The number of thioether (sulfide) groups is 1. The van der Waals surface area contributed by atoms with E-state index in [1.54, 1.807) is 24.6 Å². The molecule has 0 atom stereocenters. The van der Waals surface area contributed by atoms with Crippen LogP contribution < -0.4 is 10.1 Å². The molecule has 154 valence electrons. The summed E-state index contributed by atoms with van der Waals surface area (Å²) in [5.41, 5.74) is 3.49. The molecule has 0 aliphatic rings. The lowest BCUT2D eigenvalue weighted by Crippen LogP contribution is -2.05. The number of hydrogen-bond donors (Lipinski definition) is 1. The van der Waals surface area contributed by atoms with Crippen LogP contribution in [0.2, 0.25) is 0 Å². The molecule has 0 amide bonds. The Bertz CT molecular complexity index is 1170. The van der Waals surface area contributed by atoms with Crippen LogP contribution in [0.4, 0.5) is 10.8 Å². The van der Waals surface area contributed by atoms with Crippen molar-refractivity contribution in [2.75, 3.05) is 18.2 Å². The van der Waals surface area contributed by atoms with Crippen LogP contribution in [0.5, 0.6) is 5.75 Å². The first-order valence-electron chi connectivity index (χ1n) is 9.04. The molecule has 4 rings (SSSR count). The summed E-state index contributed by atoms with van der Waals surface area (Å²) in [5.74, 6) is 1.13. The van der Waals surface area contributed by atoms with E-state index in [4.69, 9.17) is 4.74 Å². The number of rotatable bonds is 8. The second-order valence-corrected chi connectivity index (χ2v) is 9.45. The topological polar surface area (TPSA) is 81.9 Å². The first kappa shape index (κ1) is 20.6. The van der Waals surface area contributed by atoms with E-state index in [0.717, 1.165) is 37.9 Å². The summed E-state index contributed by atoms with van der Waals surface area (Å²) in [7, 11) is 1.63. The molecule has 0 aliphatic heterocycles. The molecule has 7 nitrogen and oxygen atoms in total. The van der Waals surface area contributed by atoms with Gasteiger partial charge >= 0.3 is 0 Å². The monoisotopic (exact) mass is 457 g/mol. The van der Waals surface area contributed by atoms with Crippen molar-refractivity contribution < 1.29 is 9.53 Å². The van der Waals surface area contributed by atoms with Crippen molar-refractivity contribution in [2.45, 2.75) is 18.2 Å². The van der Waals surface area contributed by atoms with Crippen molar-refractivity contribution in [3.05, 3.63) is 58.9 Å². The van der Waals surface area contributed by atoms with Gasteiger partial charge in [-0.05, 0) is 32.0 Å². The number of carbonyl (C=O) groups excluding carboxylic acids is 1. The summed E-state index contributed by atoms with van der Waals surface area (Å²) in [6, 6.07) is 9.52. The maximum atomic E-state index is 12.8. The number of nitrogens with zero attached hydrogens (tertiary/aromatic N) is 4. The van der Waals surface area contributed by atoms with E-state index >= 15 is 0 Å². The van der Waals surface area contributed by atoms with Crippen molar-refractivity contribution >= 4 is 51.0 Å². The smallest absolute Gasteiger partial charge is 0.210 e. The van der Waals surface area contributed by atoms with Crippen molar-refractivity contribution in [3.8, 4) is 10.9 Å². The Morgan fingerprint density at radius 3 is 2.90 bits per heavy atom. The summed E-state index contributed by atoms with van der Waals surface area (Å²) in [6.07, 6.45) is 1.77. The highest BCUT2D eigenvalue weighted by molar-refractivity contribution is 8.01. The van der Waals surface area contributed by atoms with Crippen LogP contribution >= 0.6 is 34.4 Å². The van der Waals surface area contributed by atoms with Gasteiger partial charge in [0, 0.05) is 40.3 Å². The number of nitrogens with one attached hydrogen (secondary N) is 1. The van der Waals surface area contributed by atoms with Crippen LogP contribution in [0, 0.1) is 13.8 Å². The molecule has 0 unspecified atom stereocenters.